The average molecular weight is 372 g/mol. The zero-order valence-electron chi connectivity index (χ0n) is 10.4. The highest BCUT2D eigenvalue weighted by Gasteiger charge is 2.23. The Bertz CT molecular complexity index is 847. The number of hydrogen-bond donors (Lipinski definition) is 1. The van der Waals surface area contributed by atoms with Gasteiger partial charge in [-0.3, -0.25) is 0 Å². The molecule has 5 nitrogen and oxygen atoms in total. The topological polar surface area (TPSA) is 85.9 Å². The molecule has 1 heterocycles. The van der Waals surface area contributed by atoms with Crippen molar-refractivity contribution in [3.63, 3.8) is 0 Å². The van der Waals surface area contributed by atoms with Crippen molar-refractivity contribution in [3.8, 4) is 11.3 Å². The number of nitrogens with zero attached hydrogens (tertiary/aromatic N) is 2. The average Bonchev–Trinajstić information content (AvgIpc) is 2.38. The lowest BCUT2D eigenvalue weighted by Crippen LogP contribution is -2.13. The molecule has 0 aliphatic carbocycles. The molecule has 2 rings (SSSR count). The second kappa shape index (κ2) is 5.99. The van der Waals surface area contributed by atoms with E-state index in [9.17, 15) is 21.6 Å². The molecule has 1 aromatic heterocycles. The first-order valence-electron chi connectivity index (χ1n) is 5.43. The van der Waals surface area contributed by atoms with E-state index in [0.717, 1.165) is 12.4 Å². The SMILES string of the molecule is NS(=O)(=O)c1cc(-c2ncnc(C(F)F)c2Cl)c(F)cc1Cl. The maximum Gasteiger partial charge on any atom is 0.281 e. The van der Waals surface area contributed by atoms with E-state index in [0.29, 0.717) is 6.07 Å². The third kappa shape index (κ3) is 3.17. The Hall–Kier alpha value is -1.42. The van der Waals surface area contributed by atoms with Gasteiger partial charge in [-0.1, -0.05) is 23.2 Å². The molecule has 0 aliphatic heterocycles. The van der Waals surface area contributed by atoms with E-state index in [4.69, 9.17) is 28.3 Å². The standard InChI is InChI=1S/C11H6Cl2F3N3O2S/c12-5-2-6(14)4(1-7(5)22(17,20)21)9-8(13)10(11(15)16)19-3-18-9/h1-3,11H,(H2,17,20,21). The van der Waals surface area contributed by atoms with Crippen molar-refractivity contribution in [3.05, 3.63) is 40.0 Å². The smallest absolute Gasteiger partial charge is 0.235 e. The largest absolute Gasteiger partial charge is 0.281 e. The molecule has 0 unspecified atom stereocenters. The Kier molecular flexibility index (Phi) is 4.62. The molecule has 0 saturated carbocycles. The van der Waals surface area contributed by atoms with Crippen molar-refractivity contribution >= 4 is 33.2 Å². The van der Waals surface area contributed by atoms with Gasteiger partial charge in [-0.05, 0) is 12.1 Å². The van der Waals surface area contributed by atoms with E-state index >= 15 is 0 Å². The number of rotatable bonds is 3. The molecular weight excluding hydrogens is 366 g/mol. The number of hydrogen-bond acceptors (Lipinski definition) is 4. The highest BCUT2D eigenvalue weighted by molar-refractivity contribution is 7.89. The van der Waals surface area contributed by atoms with Crippen molar-refractivity contribution in [2.45, 2.75) is 11.3 Å². The Balaban J connectivity index is 2.76. The molecule has 0 bridgehead atoms. The molecule has 118 valence electrons. The van der Waals surface area contributed by atoms with Gasteiger partial charge in [-0.25, -0.2) is 36.7 Å². The summed E-state index contributed by atoms with van der Waals surface area (Å²) in [5.74, 6) is -1.00. The number of sulfonamides is 1. The predicted octanol–water partition coefficient (Wildman–Crippen LogP) is 3.17. The second-order valence-electron chi connectivity index (χ2n) is 4.03. The van der Waals surface area contributed by atoms with E-state index in [1.165, 1.54) is 0 Å². The fraction of sp³-hybridized carbons (Fsp3) is 0.0909. The summed E-state index contributed by atoms with van der Waals surface area (Å²) >= 11 is 11.3. The number of nitrogens with two attached hydrogens (primary N) is 1. The monoisotopic (exact) mass is 371 g/mol. The van der Waals surface area contributed by atoms with Gasteiger partial charge in [0.1, 0.15) is 22.7 Å². The van der Waals surface area contributed by atoms with Gasteiger partial charge in [0.05, 0.1) is 15.7 Å². The van der Waals surface area contributed by atoms with Crippen molar-refractivity contribution in [2.75, 3.05) is 0 Å². The minimum Gasteiger partial charge on any atom is -0.235 e. The second-order valence-corrected chi connectivity index (χ2v) is 6.34. The summed E-state index contributed by atoms with van der Waals surface area (Å²) in [5, 5.41) is 3.90. The van der Waals surface area contributed by atoms with Crippen LogP contribution in [0.5, 0.6) is 0 Å². The molecule has 0 aliphatic rings. The Labute approximate surface area is 132 Å². The van der Waals surface area contributed by atoms with E-state index in [2.05, 4.69) is 9.97 Å². The van der Waals surface area contributed by atoms with Crippen LogP contribution in [-0.2, 0) is 10.0 Å². The molecule has 11 heteroatoms. The summed E-state index contributed by atoms with van der Waals surface area (Å²) in [5.41, 5.74) is -1.65. The molecule has 0 radical (unpaired) electrons. The maximum atomic E-state index is 14.0. The number of alkyl halides is 2. The Morgan fingerprint density at radius 2 is 1.82 bits per heavy atom. The summed E-state index contributed by atoms with van der Waals surface area (Å²) in [6.07, 6.45) is -2.25. The van der Waals surface area contributed by atoms with Crippen LogP contribution in [0.3, 0.4) is 0 Å². The van der Waals surface area contributed by atoms with E-state index < -0.39 is 54.2 Å². The van der Waals surface area contributed by atoms with Crippen LogP contribution in [0.15, 0.2) is 23.4 Å². The summed E-state index contributed by atoms with van der Waals surface area (Å²) in [6, 6.07) is 1.45. The zero-order valence-corrected chi connectivity index (χ0v) is 12.7. The van der Waals surface area contributed by atoms with Gasteiger partial charge in [-0.2, -0.15) is 0 Å². The number of aromatic nitrogens is 2. The van der Waals surface area contributed by atoms with Crippen LogP contribution in [-0.4, -0.2) is 18.4 Å². The highest BCUT2D eigenvalue weighted by Crippen LogP contribution is 2.36. The zero-order chi connectivity index (χ0) is 16.7. The molecule has 0 fully saturated rings. The van der Waals surface area contributed by atoms with Gasteiger partial charge in [0.2, 0.25) is 10.0 Å². The summed E-state index contributed by atoms with van der Waals surface area (Å²) in [4.78, 5) is 6.32. The molecule has 2 aromatic rings. The van der Waals surface area contributed by atoms with Crippen LogP contribution < -0.4 is 5.14 Å². The lowest BCUT2D eigenvalue weighted by molar-refractivity contribution is 0.146. The third-order valence-electron chi connectivity index (χ3n) is 2.61. The first-order chi connectivity index (χ1) is 10.1. The number of halogens is 5. The van der Waals surface area contributed by atoms with E-state index in [1.54, 1.807) is 0 Å². The number of primary sulfonamides is 1. The van der Waals surface area contributed by atoms with Gasteiger partial charge in [-0.15, -0.1) is 0 Å². The fourth-order valence-corrected chi connectivity index (χ4v) is 3.02. The summed E-state index contributed by atoms with van der Waals surface area (Å²) in [6.45, 7) is 0. The quantitative estimate of drug-likeness (QED) is 0.897. The molecule has 22 heavy (non-hydrogen) atoms. The molecule has 0 spiro atoms. The van der Waals surface area contributed by atoms with E-state index in [1.807, 2.05) is 0 Å². The highest BCUT2D eigenvalue weighted by atomic mass is 35.5. The molecular formula is C11H6Cl2F3N3O2S. The minimum absolute atomic E-state index is 0.397. The van der Waals surface area contributed by atoms with Gasteiger partial charge >= 0.3 is 0 Å². The third-order valence-corrected chi connectivity index (χ3v) is 4.35. The van der Waals surface area contributed by atoms with Gasteiger partial charge in [0.15, 0.2) is 0 Å². The predicted molar refractivity (Wildman–Crippen MR) is 73.8 cm³/mol. The van der Waals surface area contributed by atoms with Crippen LogP contribution in [0.2, 0.25) is 10.0 Å². The first kappa shape index (κ1) is 16.9. The van der Waals surface area contributed by atoms with Gasteiger partial charge in [0.25, 0.3) is 6.43 Å². The number of benzene rings is 1. The molecule has 1 aromatic carbocycles. The van der Waals surface area contributed by atoms with Gasteiger partial charge in [0, 0.05) is 5.56 Å². The fourth-order valence-electron chi connectivity index (χ4n) is 1.65. The van der Waals surface area contributed by atoms with Crippen LogP contribution >= 0.6 is 23.2 Å². The van der Waals surface area contributed by atoms with Crippen molar-refractivity contribution in [1.82, 2.24) is 9.97 Å². The Morgan fingerprint density at radius 3 is 2.36 bits per heavy atom. The Morgan fingerprint density at radius 1 is 1.18 bits per heavy atom. The molecule has 0 atom stereocenters. The molecule has 0 saturated heterocycles. The summed E-state index contributed by atoms with van der Waals surface area (Å²) < 4.78 is 62.3. The first-order valence-corrected chi connectivity index (χ1v) is 7.74. The molecule has 0 amide bonds. The van der Waals surface area contributed by atoms with Crippen LogP contribution in [0.4, 0.5) is 13.2 Å². The van der Waals surface area contributed by atoms with Crippen LogP contribution in [0.25, 0.3) is 11.3 Å². The normalized spacial score (nSPS) is 12.0. The minimum atomic E-state index is -4.25. The van der Waals surface area contributed by atoms with Crippen molar-refractivity contribution in [2.24, 2.45) is 5.14 Å². The van der Waals surface area contributed by atoms with Crippen LogP contribution in [0.1, 0.15) is 12.1 Å². The molecule has 2 N–H and O–H groups in total. The maximum absolute atomic E-state index is 14.0. The van der Waals surface area contributed by atoms with Crippen molar-refractivity contribution < 1.29 is 21.6 Å². The lowest BCUT2D eigenvalue weighted by atomic mass is 10.1. The summed E-state index contributed by atoms with van der Waals surface area (Å²) in [7, 11) is -4.25. The van der Waals surface area contributed by atoms with Crippen molar-refractivity contribution in [1.29, 1.82) is 0 Å². The lowest BCUT2D eigenvalue weighted by Gasteiger charge is -2.10. The van der Waals surface area contributed by atoms with Crippen LogP contribution in [0, 0.1) is 5.82 Å². The van der Waals surface area contributed by atoms with E-state index in [-0.39, 0.29) is 0 Å². The van der Waals surface area contributed by atoms with Gasteiger partial charge < -0.3 is 0 Å².